The molecule has 2 saturated heterocycles. The second kappa shape index (κ2) is 7.63. The van der Waals surface area contributed by atoms with E-state index in [1.165, 1.54) is 11.6 Å². The lowest BCUT2D eigenvalue weighted by Gasteiger charge is -2.27. The third-order valence-corrected chi connectivity index (χ3v) is 5.79. The van der Waals surface area contributed by atoms with Gasteiger partial charge >= 0.3 is 0 Å². The first-order chi connectivity index (χ1) is 11.6. The molecule has 4 rings (SSSR count). The quantitative estimate of drug-likeness (QED) is 0.765. The van der Waals surface area contributed by atoms with Gasteiger partial charge in [-0.05, 0) is 42.1 Å². The van der Waals surface area contributed by atoms with E-state index in [1.807, 2.05) is 6.07 Å². The monoisotopic (exact) mass is 380 g/mol. The molecular weight excluding hydrogens is 358 g/mol. The third-order valence-electron chi connectivity index (χ3n) is 5.50. The lowest BCUT2D eigenvalue weighted by Crippen LogP contribution is -2.28. The molecule has 2 aromatic rings. The summed E-state index contributed by atoms with van der Waals surface area (Å²) in [7, 11) is 2.24. The molecule has 0 aromatic heterocycles. The van der Waals surface area contributed by atoms with Gasteiger partial charge in [0, 0.05) is 32.2 Å². The topological polar surface area (TPSA) is 6.48 Å². The molecule has 0 amide bonds. The normalized spacial score (nSPS) is 26.4. The Morgan fingerprint density at radius 3 is 2.56 bits per heavy atom. The van der Waals surface area contributed by atoms with Gasteiger partial charge in [-0.15, -0.1) is 12.4 Å². The van der Waals surface area contributed by atoms with Crippen LogP contribution in [0.2, 0.25) is 5.02 Å². The second-order valence-electron chi connectivity index (χ2n) is 7.16. The summed E-state index contributed by atoms with van der Waals surface area (Å²) >= 11 is 5.92. The van der Waals surface area contributed by atoms with Gasteiger partial charge < -0.3 is 0 Å². The van der Waals surface area contributed by atoms with Gasteiger partial charge in [0.1, 0.15) is 5.82 Å². The molecule has 0 unspecified atom stereocenters. The van der Waals surface area contributed by atoms with E-state index in [-0.39, 0.29) is 23.2 Å². The predicted molar refractivity (Wildman–Crippen MR) is 103 cm³/mol. The molecular formula is C20H23Cl2FN2. The van der Waals surface area contributed by atoms with E-state index in [4.69, 9.17) is 11.6 Å². The number of nitrogens with zero attached hydrogens (tertiary/aromatic N) is 2. The van der Waals surface area contributed by atoms with Gasteiger partial charge in [0.2, 0.25) is 0 Å². The fourth-order valence-corrected chi connectivity index (χ4v) is 4.73. The number of hydrogen-bond donors (Lipinski definition) is 0. The Balaban J connectivity index is 0.00000182. The van der Waals surface area contributed by atoms with Crippen LogP contribution in [0.25, 0.3) is 0 Å². The van der Waals surface area contributed by atoms with Crippen molar-refractivity contribution in [3.63, 3.8) is 0 Å². The zero-order valence-corrected chi connectivity index (χ0v) is 15.8. The molecule has 2 aliphatic rings. The van der Waals surface area contributed by atoms with Crippen LogP contribution in [0.15, 0.2) is 48.5 Å². The maximum atomic E-state index is 13.3. The molecule has 2 heterocycles. The summed E-state index contributed by atoms with van der Waals surface area (Å²) in [6, 6.07) is 16.4. The molecule has 0 N–H and O–H groups in total. The van der Waals surface area contributed by atoms with Crippen LogP contribution in [0.3, 0.4) is 0 Å². The number of likely N-dealkylation sites (tertiary alicyclic amines) is 2. The Bertz CT molecular complexity index is 725. The van der Waals surface area contributed by atoms with Crippen molar-refractivity contribution in [2.75, 3.05) is 26.7 Å². The fourth-order valence-electron chi connectivity index (χ4n) is 4.53. The molecule has 2 nitrogen and oxygen atoms in total. The molecule has 5 heteroatoms. The minimum atomic E-state index is -0.343. The molecule has 2 fully saturated rings. The highest BCUT2D eigenvalue weighted by atomic mass is 35.5. The lowest BCUT2D eigenvalue weighted by atomic mass is 9.90. The SMILES string of the molecule is CN1C[C@H]2CN(Cc3ccc(F)c(Cl)c3)C[C@H]2[C@@H]1c1ccccc1.Cl. The van der Waals surface area contributed by atoms with Crippen LogP contribution in [-0.4, -0.2) is 36.5 Å². The summed E-state index contributed by atoms with van der Waals surface area (Å²) in [4.78, 5) is 4.98. The first-order valence-electron chi connectivity index (χ1n) is 8.53. The number of benzene rings is 2. The Kier molecular flexibility index (Phi) is 5.69. The molecule has 3 atom stereocenters. The molecule has 0 bridgehead atoms. The Hall–Kier alpha value is -1.13. The van der Waals surface area contributed by atoms with Gasteiger partial charge in [0.25, 0.3) is 0 Å². The van der Waals surface area contributed by atoms with Crippen molar-refractivity contribution in [3.05, 3.63) is 70.5 Å². The highest BCUT2D eigenvalue weighted by molar-refractivity contribution is 6.30. The summed E-state index contributed by atoms with van der Waals surface area (Å²) in [5.74, 6) is 1.02. The summed E-state index contributed by atoms with van der Waals surface area (Å²) in [6.45, 7) is 4.18. The minimum Gasteiger partial charge on any atom is -0.299 e. The smallest absolute Gasteiger partial charge is 0.141 e. The summed E-state index contributed by atoms with van der Waals surface area (Å²) in [6.07, 6.45) is 0. The van der Waals surface area contributed by atoms with E-state index in [1.54, 1.807) is 6.07 Å². The molecule has 0 radical (unpaired) electrons. The van der Waals surface area contributed by atoms with Crippen molar-refractivity contribution in [3.8, 4) is 0 Å². The lowest BCUT2D eigenvalue weighted by molar-refractivity contribution is 0.224. The van der Waals surface area contributed by atoms with Crippen molar-refractivity contribution >= 4 is 24.0 Å². The number of rotatable bonds is 3. The molecule has 2 aliphatic heterocycles. The van der Waals surface area contributed by atoms with E-state index in [0.29, 0.717) is 17.9 Å². The largest absolute Gasteiger partial charge is 0.299 e. The number of hydrogen-bond acceptors (Lipinski definition) is 2. The first-order valence-corrected chi connectivity index (χ1v) is 8.91. The van der Waals surface area contributed by atoms with Gasteiger partial charge in [0.15, 0.2) is 0 Å². The highest BCUT2D eigenvalue weighted by Gasteiger charge is 2.45. The maximum Gasteiger partial charge on any atom is 0.141 e. The number of fused-ring (bicyclic) bond motifs is 1. The van der Waals surface area contributed by atoms with Crippen molar-refractivity contribution in [1.29, 1.82) is 0 Å². The molecule has 0 saturated carbocycles. The minimum absolute atomic E-state index is 0. The van der Waals surface area contributed by atoms with Crippen molar-refractivity contribution in [1.82, 2.24) is 9.80 Å². The zero-order valence-electron chi connectivity index (χ0n) is 14.2. The first kappa shape index (κ1) is 18.7. The van der Waals surface area contributed by atoms with Crippen LogP contribution in [-0.2, 0) is 6.54 Å². The maximum absolute atomic E-state index is 13.3. The van der Waals surface area contributed by atoms with Crippen molar-refractivity contribution < 1.29 is 4.39 Å². The van der Waals surface area contributed by atoms with Gasteiger partial charge in [0.05, 0.1) is 5.02 Å². The van der Waals surface area contributed by atoms with Gasteiger partial charge in [-0.2, -0.15) is 0 Å². The van der Waals surface area contributed by atoms with Crippen LogP contribution >= 0.6 is 24.0 Å². The Morgan fingerprint density at radius 2 is 1.84 bits per heavy atom. The standard InChI is InChI=1S/C20H22ClFN2.ClH/c1-23-11-16-12-24(10-14-7-8-19(22)18(21)9-14)13-17(16)20(23)15-5-3-2-4-6-15;/h2-9,16-17,20H,10-13H2,1H3;1H/t16-,17+,20-;/m0./s1. The van der Waals surface area contributed by atoms with Crippen molar-refractivity contribution in [2.24, 2.45) is 11.8 Å². The van der Waals surface area contributed by atoms with E-state index >= 15 is 0 Å². The summed E-state index contributed by atoms with van der Waals surface area (Å²) < 4.78 is 13.3. The second-order valence-corrected chi connectivity index (χ2v) is 7.57. The van der Waals surface area contributed by atoms with Crippen molar-refractivity contribution in [2.45, 2.75) is 12.6 Å². The molecule has 134 valence electrons. The highest BCUT2D eigenvalue weighted by Crippen LogP contribution is 2.44. The Labute approximate surface area is 160 Å². The van der Waals surface area contributed by atoms with E-state index in [9.17, 15) is 4.39 Å². The average Bonchev–Trinajstić information content (AvgIpc) is 3.07. The molecule has 0 spiro atoms. The fraction of sp³-hybridized carbons (Fsp3) is 0.400. The van der Waals surface area contributed by atoms with Crippen LogP contribution < -0.4 is 0 Å². The van der Waals surface area contributed by atoms with Gasteiger partial charge in [-0.1, -0.05) is 48.0 Å². The molecule has 2 aromatic carbocycles. The zero-order chi connectivity index (χ0) is 16.7. The average molecular weight is 381 g/mol. The Morgan fingerprint density at radius 1 is 1.08 bits per heavy atom. The van der Waals surface area contributed by atoms with Gasteiger partial charge in [-0.25, -0.2) is 4.39 Å². The van der Waals surface area contributed by atoms with Crippen LogP contribution in [0.5, 0.6) is 0 Å². The van der Waals surface area contributed by atoms with Gasteiger partial charge in [-0.3, -0.25) is 9.80 Å². The van der Waals surface area contributed by atoms with Crippen LogP contribution in [0.4, 0.5) is 4.39 Å². The van der Waals surface area contributed by atoms with E-state index < -0.39 is 0 Å². The van der Waals surface area contributed by atoms with E-state index in [2.05, 4.69) is 47.2 Å². The predicted octanol–water partition coefficient (Wildman–Crippen LogP) is 4.64. The van der Waals surface area contributed by atoms with E-state index in [0.717, 1.165) is 31.7 Å². The third kappa shape index (κ3) is 3.70. The molecule has 0 aliphatic carbocycles. The molecule has 25 heavy (non-hydrogen) atoms. The summed E-state index contributed by atoms with van der Waals surface area (Å²) in [5, 5.41) is 0.216. The van der Waals surface area contributed by atoms with Crippen LogP contribution in [0.1, 0.15) is 17.2 Å². The van der Waals surface area contributed by atoms with Crippen LogP contribution in [0, 0.1) is 17.7 Å². The number of halogens is 3. The summed E-state index contributed by atoms with van der Waals surface area (Å²) in [5.41, 5.74) is 2.50.